The number of carboxylic acids is 1. The number of halogens is 2. The molecule has 1 aromatic heterocycles. The summed E-state index contributed by atoms with van der Waals surface area (Å²) < 4.78 is 2.60. The molecule has 0 saturated carbocycles. The molecule has 72 valence electrons. The van der Waals surface area contributed by atoms with Crippen LogP contribution in [0.15, 0.2) is 6.20 Å². The van der Waals surface area contributed by atoms with Gasteiger partial charge in [-0.15, -0.1) is 0 Å². The van der Waals surface area contributed by atoms with Crippen molar-refractivity contribution in [3.05, 3.63) is 15.7 Å². The van der Waals surface area contributed by atoms with Gasteiger partial charge < -0.3 is 10.8 Å². The van der Waals surface area contributed by atoms with Gasteiger partial charge >= 0.3 is 5.97 Å². The van der Waals surface area contributed by atoms with E-state index in [2.05, 4.69) is 50.4 Å². The summed E-state index contributed by atoms with van der Waals surface area (Å²) in [4.78, 5) is 14.6. The summed E-state index contributed by atoms with van der Waals surface area (Å²) in [5.74, 6) is -1.00. The molecule has 3 N–H and O–H groups in total. The Labute approximate surface area is 102 Å². The zero-order valence-electron chi connectivity index (χ0n) is 6.44. The van der Waals surface area contributed by atoms with Crippen LogP contribution in [0.4, 0.5) is 0 Å². The van der Waals surface area contributed by atoms with Crippen molar-refractivity contribution in [2.75, 3.05) is 0 Å². The van der Waals surface area contributed by atoms with Crippen molar-refractivity contribution in [3.8, 4) is 0 Å². The molecular weight excluding hydrogens is 400 g/mol. The predicted octanol–water partition coefficient (Wildman–Crippen LogP) is 0.640. The van der Waals surface area contributed by atoms with Gasteiger partial charge in [-0.1, -0.05) is 0 Å². The molecule has 0 saturated heterocycles. The van der Waals surface area contributed by atoms with Crippen LogP contribution < -0.4 is 5.73 Å². The Bertz CT molecular complexity index is 306. The van der Waals surface area contributed by atoms with Gasteiger partial charge in [0.2, 0.25) is 0 Å². The summed E-state index contributed by atoms with van der Waals surface area (Å²) in [6.45, 7) is 0. The molecule has 1 atom stereocenters. The first-order valence-electron chi connectivity index (χ1n) is 3.39. The predicted molar refractivity (Wildman–Crippen MR) is 63.7 cm³/mol. The summed E-state index contributed by atoms with van der Waals surface area (Å²) in [6, 6.07) is -0.873. The fraction of sp³-hybridized carbons (Fsp3) is 0.333. The normalized spacial score (nSPS) is 12.8. The molecular formula is C6H7I2N3O2. The molecule has 1 aromatic rings. The van der Waals surface area contributed by atoms with E-state index >= 15 is 0 Å². The van der Waals surface area contributed by atoms with Crippen molar-refractivity contribution in [1.82, 2.24) is 7.76 Å². The molecule has 5 nitrogen and oxygen atoms in total. The Morgan fingerprint density at radius 3 is 2.85 bits per heavy atom. The topological polar surface area (TPSA) is 81.1 Å². The minimum atomic E-state index is -1.00. The standard InChI is InChI=1S/C6H7I2N3O2/c7-6-10-3(2-11(6)8)1-4(9)5(12)13/h2,4H,1,9H2,(H,12,13). The maximum atomic E-state index is 10.4. The lowest BCUT2D eigenvalue weighted by Crippen LogP contribution is -2.32. The first-order chi connectivity index (χ1) is 6.00. The highest BCUT2D eigenvalue weighted by molar-refractivity contribution is 14.1. The number of rotatable bonds is 3. The molecule has 0 aromatic carbocycles. The third kappa shape index (κ3) is 3.06. The maximum absolute atomic E-state index is 10.4. The number of carbonyl (C=O) groups is 1. The van der Waals surface area contributed by atoms with Crippen molar-refractivity contribution in [2.24, 2.45) is 5.73 Å². The molecule has 7 heteroatoms. The molecule has 0 aliphatic carbocycles. The first kappa shape index (κ1) is 11.2. The van der Waals surface area contributed by atoms with Crippen LogP contribution in [0.25, 0.3) is 0 Å². The number of hydrogen-bond donors (Lipinski definition) is 2. The number of nitrogens with two attached hydrogens (primary N) is 1. The molecule has 0 bridgehead atoms. The van der Waals surface area contributed by atoms with E-state index in [9.17, 15) is 4.79 Å². The van der Waals surface area contributed by atoms with Crippen molar-refractivity contribution in [2.45, 2.75) is 12.5 Å². The van der Waals surface area contributed by atoms with E-state index < -0.39 is 12.0 Å². The third-order valence-corrected chi connectivity index (χ3v) is 3.84. The van der Waals surface area contributed by atoms with Crippen LogP contribution in [0.1, 0.15) is 5.69 Å². The van der Waals surface area contributed by atoms with E-state index in [1.165, 1.54) is 0 Å². The number of imidazole rings is 1. The molecule has 1 rings (SSSR count). The fourth-order valence-corrected chi connectivity index (χ4v) is 1.67. The van der Waals surface area contributed by atoms with E-state index in [1.807, 2.05) is 0 Å². The molecule has 1 heterocycles. The lowest BCUT2D eigenvalue weighted by molar-refractivity contribution is -0.138. The molecule has 1 unspecified atom stereocenters. The molecule has 0 aliphatic heterocycles. The molecule has 0 fully saturated rings. The lowest BCUT2D eigenvalue weighted by Gasteiger charge is -2.01. The largest absolute Gasteiger partial charge is 0.480 e. The average molecular weight is 407 g/mol. The number of carboxylic acid groups (broad SMARTS) is 1. The van der Waals surface area contributed by atoms with Crippen LogP contribution in [0.3, 0.4) is 0 Å². The zero-order valence-corrected chi connectivity index (χ0v) is 10.8. The van der Waals surface area contributed by atoms with Gasteiger partial charge in [0, 0.05) is 35.2 Å². The SMILES string of the molecule is NC(Cc1cn(I)c(I)n1)C(=O)O. The van der Waals surface area contributed by atoms with E-state index in [4.69, 9.17) is 10.8 Å². The van der Waals surface area contributed by atoms with Gasteiger partial charge in [-0.3, -0.25) is 7.58 Å². The van der Waals surface area contributed by atoms with E-state index in [1.54, 1.807) is 8.98 Å². The highest BCUT2D eigenvalue weighted by atomic mass is 127. The lowest BCUT2D eigenvalue weighted by atomic mass is 10.2. The smallest absolute Gasteiger partial charge is 0.320 e. The Kier molecular flexibility index (Phi) is 3.91. The number of aromatic nitrogens is 2. The van der Waals surface area contributed by atoms with Crippen LogP contribution in [-0.4, -0.2) is 24.9 Å². The summed E-state index contributed by atoms with van der Waals surface area (Å²) in [5, 5.41) is 8.56. The molecule has 13 heavy (non-hydrogen) atoms. The van der Waals surface area contributed by atoms with E-state index in [-0.39, 0.29) is 6.42 Å². The van der Waals surface area contributed by atoms with Gasteiger partial charge in [0.1, 0.15) is 6.04 Å². The van der Waals surface area contributed by atoms with Gasteiger partial charge in [-0.2, -0.15) is 0 Å². The van der Waals surface area contributed by atoms with Gasteiger partial charge in [0.15, 0.2) is 3.83 Å². The summed E-state index contributed by atoms with van der Waals surface area (Å²) in [5.41, 5.74) is 6.06. The maximum Gasteiger partial charge on any atom is 0.320 e. The van der Waals surface area contributed by atoms with Gasteiger partial charge in [-0.05, 0) is 0 Å². The Balaban J connectivity index is 2.69. The minimum absolute atomic E-state index is 0.265. The first-order valence-corrected chi connectivity index (χ1v) is 5.43. The third-order valence-electron chi connectivity index (χ3n) is 1.42. The van der Waals surface area contributed by atoms with Crippen LogP contribution in [0.5, 0.6) is 0 Å². The van der Waals surface area contributed by atoms with Gasteiger partial charge in [-0.25, -0.2) is 4.98 Å². The van der Waals surface area contributed by atoms with Crippen molar-refractivity contribution in [3.63, 3.8) is 0 Å². The van der Waals surface area contributed by atoms with E-state index in [0.717, 1.165) is 3.83 Å². The highest BCUT2D eigenvalue weighted by Crippen LogP contribution is 2.10. The second-order valence-electron chi connectivity index (χ2n) is 2.46. The van der Waals surface area contributed by atoms with Gasteiger partial charge in [0.25, 0.3) is 0 Å². The zero-order chi connectivity index (χ0) is 10.0. The van der Waals surface area contributed by atoms with Crippen LogP contribution in [0, 0.1) is 3.83 Å². The van der Waals surface area contributed by atoms with Crippen LogP contribution in [0.2, 0.25) is 0 Å². The van der Waals surface area contributed by atoms with Crippen LogP contribution >= 0.6 is 45.5 Å². The number of aliphatic carboxylic acids is 1. The highest BCUT2D eigenvalue weighted by Gasteiger charge is 2.14. The quantitative estimate of drug-likeness (QED) is 0.722. The minimum Gasteiger partial charge on any atom is -0.480 e. The van der Waals surface area contributed by atoms with Crippen molar-refractivity contribution >= 4 is 51.4 Å². The summed E-state index contributed by atoms with van der Waals surface area (Å²) >= 11 is 4.13. The average Bonchev–Trinajstić information content (AvgIpc) is 2.31. The fourth-order valence-electron chi connectivity index (χ4n) is 0.790. The summed E-state index contributed by atoms with van der Waals surface area (Å²) in [6.07, 6.45) is 2.03. The summed E-state index contributed by atoms with van der Waals surface area (Å²) in [7, 11) is 0. The second kappa shape index (κ2) is 4.55. The van der Waals surface area contributed by atoms with E-state index in [0.29, 0.717) is 5.69 Å². The Morgan fingerprint density at radius 2 is 2.46 bits per heavy atom. The molecule has 0 spiro atoms. The monoisotopic (exact) mass is 407 g/mol. The Hall–Kier alpha value is 0.1000. The van der Waals surface area contributed by atoms with Crippen molar-refractivity contribution < 1.29 is 9.90 Å². The van der Waals surface area contributed by atoms with Crippen LogP contribution in [-0.2, 0) is 11.2 Å². The number of hydrogen-bond acceptors (Lipinski definition) is 3. The Morgan fingerprint density at radius 1 is 1.85 bits per heavy atom. The van der Waals surface area contributed by atoms with Crippen molar-refractivity contribution in [1.29, 1.82) is 0 Å². The van der Waals surface area contributed by atoms with Gasteiger partial charge in [0.05, 0.1) is 28.6 Å². The molecule has 0 amide bonds. The molecule has 0 radical (unpaired) electrons. The molecule has 0 aliphatic rings. The second-order valence-corrected chi connectivity index (χ2v) is 4.47. The number of nitrogens with zero attached hydrogens (tertiary/aromatic N) is 2.